The van der Waals surface area contributed by atoms with E-state index in [1.807, 2.05) is 12.1 Å². The predicted molar refractivity (Wildman–Crippen MR) is 115 cm³/mol. The van der Waals surface area contributed by atoms with Crippen LogP contribution >= 0.6 is 24.0 Å². The molecule has 0 aromatic heterocycles. The molecule has 0 radical (unpaired) electrons. The third-order valence-corrected chi connectivity index (χ3v) is 6.78. The van der Waals surface area contributed by atoms with Gasteiger partial charge in [-0.1, -0.05) is 12.1 Å². The van der Waals surface area contributed by atoms with E-state index in [1.54, 1.807) is 19.2 Å². The molecule has 7 nitrogen and oxygen atoms in total. The highest BCUT2D eigenvalue weighted by molar-refractivity contribution is 14.0. The molecule has 9 heteroatoms. The van der Waals surface area contributed by atoms with Gasteiger partial charge in [0.2, 0.25) is 10.0 Å². The van der Waals surface area contributed by atoms with Crippen LogP contribution in [-0.4, -0.2) is 45.7 Å². The Balaban J connectivity index is 0.00000210. The van der Waals surface area contributed by atoms with Crippen LogP contribution in [0.4, 0.5) is 0 Å². The number of nitrogens with zero attached hydrogens (tertiary/aromatic N) is 1. The summed E-state index contributed by atoms with van der Waals surface area (Å²) in [5, 5.41) is 6.73. The Kier molecular flexibility index (Phi) is 6.65. The zero-order valence-electron chi connectivity index (χ0n) is 15.3. The first kappa shape index (κ1) is 20.8. The van der Waals surface area contributed by atoms with Gasteiger partial charge in [-0.15, -0.1) is 24.0 Å². The molecule has 27 heavy (non-hydrogen) atoms. The number of ether oxygens (including phenoxy) is 1. The van der Waals surface area contributed by atoms with Crippen molar-refractivity contribution in [2.45, 2.75) is 67.8 Å². The van der Waals surface area contributed by atoms with Crippen molar-refractivity contribution < 1.29 is 13.2 Å². The number of nitrogens with one attached hydrogen (secondary N) is 3. The molecule has 1 saturated carbocycles. The first-order valence-corrected chi connectivity index (χ1v) is 10.8. The second-order valence-electron chi connectivity index (χ2n) is 7.33. The molecule has 1 aromatic rings. The van der Waals surface area contributed by atoms with Gasteiger partial charge in [0.05, 0.1) is 23.1 Å². The van der Waals surface area contributed by atoms with Crippen LogP contribution in [0.3, 0.4) is 0 Å². The SMILES string of the molecule is CN=C(NCc1ccc(S(=O)(=O)NC2CC2)cc1)NC1CC2CCC1O2.I. The van der Waals surface area contributed by atoms with Crippen LogP contribution in [0, 0.1) is 0 Å². The molecule has 0 spiro atoms. The fourth-order valence-corrected chi connectivity index (χ4v) is 4.93. The molecular formula is C18H27IN4O3S. The highest BCUT2D eigenvalue weighted by atomic mass is 127. The van der Waals surface area contributed by atoms with E-state index >= 15 is 0 Å². The summed E-state index contributed by atoms with van der Waals surface area (Å²) in [5.74, 6) is 0.748. The van der Waals surface area contributed by atoms with Crippen LogP contribution in [0.1, 0.15) is 37.7 Å². The van der Waals surface area contributed by atoms with Crippen LogP contribution in [0.15, 0.2) is 34.2 Å². The van der Waals surface area contributed by atoms with Crippen molar-refractivity contribution in [2.75, 3.05) is 7.05 Å². The van der Waals surface area contributed by atoms with Gasteiger partial charge in [0.15, 0.2) is 5.96 Å². The number of sulfonamides is 1. The van der Waals surface area contributed by atoms with Crippen LogP contribution < -0.4 is 15.4 Å². The lowest BCUT2D eigenvalue weighted by Gasteiger charge is -2.22. The van der Waals surface area contributed by atoms with Gasteiger partial charge in [0.1, 0.15) is 0 Å². The number of benzene rings is 1. The molecule has 1 aliphatic carbocycles. The average Bonchev–Trinajstić information content (AvgIpc) is 3.18. The van der Waals surface area contributed by atoms with Crippen molar-refractivity contribution >= 4 is 40.0 Å². The molecule has 4 rings (SSSR count). The van der Waals surface area contributed by atoms with Gasteiger partial charge >= 0.3 is 0 Å². The van der Waals surface area contributed by atoms with Crippen LogP contribution in [0.2, 0.25) is 0 Å². The summed E-state index contributed by atoms with van der Waals surface area (Å²) in [6.45, 7) is 0.581. The van der Waals surface area contributed by atoms with Gasteiger partial charge in [-0.2, -0.15) is 0 Å². The minimum Gasteiger partial charge on any atom is -0.373 e. The third-order valence-electron chi connectivity index (χ3n) is 5.24. The molecule has 150 valence electrons. The average molecular weight is 506 g/mol. The minimum atomic E-state index is -3.39. The Labute approximate surface area is 177 Å². The number of hydrogen-bond donors (Lipinski definition) is 3. The standard InChI is InChI=1S/C18H26N4O3S.HI/c1-19-18(21-16-10-14-6-9-17(16)25-14)20-11-12-2-7-15(8-3-12)26(23,24)22-13-4-5-13;/h2-3,7-8,13-14,16-17,22H,4-6,9-11H2,1H3,(H2,19,20,21);1H. The number of rotatable bonds is 6. The maximum Gasteiger partial charge on any atom is 0.240 e. The number of hydrogen-bond acceptors (Lipinski definition) is 4. The summed E-state index contributed by atoms with van der Waals surface area (Å²) >= 11 is 0. The summed E-state index contributed by atoms with van der Waals surface area (Å²) < 4.78 is 32.9. The molecular weight excluding hydrogens is 479 g/mol. The van der Waals surface area contributed by atoms with Gasteiger partial charge in [-0.3, -0.25) is 4.99 Å². The van der Waals surface area contributed by atoms with Crippen molar-refractivity contribution in [3.8, 4) is 0 Å². The summed E-state index contributed by atoms with van der Waals surface area (Å²) in [4.78, 5) is 4.59. The Morgan fingerprint density at radius 2 is 1.93 bits per heavy atom. The molecule has 3 atom stereocenters. The van der Waals surface area contributed by atoms with Gasteiger partial charge in [0, 0.05) is 19.6 Å². The van der Waals surface area contributed by atoms with Crippen molar-refractivity contribution in [3.63, 3.8) is 0 Å². The first-order chi connectivity index (χ1) is 12.5. The Morgan fingerprint density at radius 1 is 1.19 bits per heavy atom. The van der Waals surface area contributed by atoms with E-state index < -0.39 is 10.0 Å². The van der Waals surface area contributed by atoms with Crippen LogP contribution in [-0.2, 0) is 21.3 Å². The van der Waals surface area contributed by atoms with E-state index in [2.05, 4.69) is 20.3 Å². The van der Waals surface area contributed by atoms with Gasteiger partial charge in [-0.05, 0) is 49.8 Å². The number of aliphatic imine (C=N–C) groups is 1. The fourth-order valence-electron chi connectivity index (χ4n) is 3.62. The van der Waals surface area contributed by atoms with Crippen molar-refractivity contribution in [3.05, 3.63) is 29.8 Å². The molecule has 2 bridgehead atoms. The molecule has 3 unspecified atom stereocenters. The van der Waals surface area contributed by atoms with Crippen molar-refractivity contribution in [1.29, 1.82) is 0 Å². The monoisotopic (exact) mass is 506 g/mol. The highest BCUT2D eigenvalue weighted by Crippen LogP contribution is 2.34. The fraction of sp³-hybridized carbons (Fsp3) is 0.611. The first-order valence-electron chi connectivity index (χ1n) is 9.27. The summed E-state index contributed by atoms with van der Waals surface area (Å²) in [5.41, 5.74) is 1.00. The van der Waals surface area contributed by atoms with E-state index in [0.717, 1.165) is 37.2 Å². The smallest absolute Gasteiger partial charge is 0.240 e. The van der Waals surface area contributed by atoms with Crippen LogP contribution in [0.25, 0.3) is 0 Å². The van der Waals surface area contributed by atoms with E-state index in [1.165, 1.54) is 6.42 Å². The minimum absolute atomic E-state index is 0. The molecule has 3 N–H and O–H groups in total. The lowest BCUT2D eigenvalue weighted by Crippen LogP contribution is -2.47. The second kappa shape index (κ2) is 8.62. The second-order valence-corrected chi connectivity index (χ2v) is 9.04. The summed E-state index contributed by atoms with van der Waals surface area (Å²) in [6, 6.07) is 7.42. The van der Waals surface area contributed by atoms with Crippen molar-refractivity contribution in [1.82, 2.24) is 15.4 Å². The maximum absolute atomic E-state index is 12.2. The van der Waals surface area contributed by atoms with E-state index in [9.17, 15) is 8.42 Å². The maximum atomic E-state index is 12.2. The molecule has 1 aromatic carbocycles. The van der Waals surface area contributed by atoms with Gasteiger partial charge in [0.25, 0.3) is 0 Å². The molecule has 2 aliphatic heterocycles. The van der Waals surface area contributed by atoms with E-state index in [0.29, 0.717) is 29.7 Å². The quantitative estimate of drug-likeness (QED) is 0.311. The van der Waals surface area contributed by atoms with E-state index in [4.69, 9.17) is 4.74 Å². The third kappa shape index (κ3) is 5.12. The van der Waals surface area contributed by atoms with Gasteiger partial charge < -0.3 is 15.4 Å². The normalized spacial score (nSPS) is 27.3. The number of guanidine groups is 1. The largest absolute Gasteiger partial charge is 0.373 e. The molecule has 0 amide bonds. The number of halogens is 1. The zero-order valence-corrected chi connectivity index (χ0v) is 18.5. The van der Waals surface area contributed by atoms with Crippen LogP contribution in [0.5, 0.6) is 0 Å². The molecule has 2 heterocycles. The lowest BCUT2D eigenvalue weighted by atomic mass is 9.96. The highest BCUT2D eigenvalue weighted by Gasteiger charge is 2.41. The Hall–Kier alpha value is -0.910. The topological polar surface area (TPSA) is 91.8 Å². The van der Waals surface area contributed by atoms with Crippen molar-refractivity contribution in [2.24, 2.45) is 4.99 Å². The predicted octanol–water partition coefficient (Wildman–Crippen LogP) is 1.73. The molecule has 2 saturated heterocycles. The number of fused-ring (bicyclic) bond motifs is 2. The van der Waals surface area contributed by atoms with Gasteiger partial charge in [-0.25, -0.2) is 13.1 Å². The Morgan fingerprint density at radius 3 is 2.48 bits per heavy atom. The van der Waals surface area contributed by atoms with E-state index in [-0.39, 0.29) is 30.0 Å². The summed E-state index contributed by atoms with van der Waals surface area (Å²) in [6.07, 6.45) is 5.87. The molecule has 3 fully saturated rings. The zero-order chi connectivity index (χ0) is 18.1. The summed E-state index contributed by atoms with van der Waals surface area (Å²) in [7, 11) is -1.64. The lowest BCUT2D eigenvalue weighted by molar-refractivity contribution is 0.0992. The molecule has 3 aliphatic rings. The Bertz CT molecular complexity index is 780.